The van der Waals surface area contributed by atoms with Crippen molar-refractivity contribution in [3.63, 3.8) is 0 Å². The van der Waals surface area contributed by atoms with Crippen LogP contribution < -0.4 is 5.32 Å². The van der Waals surface area contributed by atoms with Crippen LogP contribution in [0, 0.1) is 21.4 Å². The van der Waals surface area contributed by atoms with E-state index in [1.165, 1.54) is 0 Å². The standard InChI is InChI=1S/C10H10N4O4/c1-2-7(10(15)16)13-9-8(14(17)18)3-6(4-11)5-12-9/h3,5,7H,2H2,1H3,(H,12,13)(H,15,16). The normalized spacial score (nSPS) is 11.3. The Kier molecular flexibility index (Phi) is 4.15. The van der Waals surface area contributed by atoms with E-state index in [9.17, 15) is 14.9 Å². The fourth-order valence-corrected chi connectivity index (χ4v) is 1.27. The van der Waals surface area contributed by atoms with Gasteiger partial charge in [0.2, 0.25) is 5.82 Å². The summed E-state index contributed by atoms with van der Waals surface area (Å²) in [5.41, 5.74) is -0.385. The van der Waals surface area contributed by atoms with Gasteiger partial charge in [-0.05, 0) is 6.42 Å². The third kappa shape index (κ3) is 2.91. The smallest absolute Gasteiger partial charge is 0.326 e. The largest absolute Gasteiger partial charge is 0.480 e. The van der Waals surface area contributed by atoms with Crippen molar-refractivity contribution in [3.05, 3.63) is 27.9 Å². The molecule has 0 spiro atoms. The molecular formula is C10H10N4O4. The highest BCUT2D eigenvalue weighted by Gasteiger charge is 2.22. The number of rotatable bonds is 5. The average Bonchev–Trinajstić information content (AvgIpc) is 2.35. The number of anilines is 1. The molecule has 0 aliphatic carbocycles. The van der Waals surface area contributed by atoms with Gasteiger partial charge in [0.15, 0.2) is 0 Å². The molecule has 0 saturated heterocycles. The van der Waals surface area contributed by atoms with Gasteiger partial charge in [0, 0.05) is 12.3 Å². The lowest BCUT2D eigenvalue weighted by Crippen LogP contribution is -2.29. The topological polar surface area (TPSA) is 129 Å². The van der Waals surface area contributed by atoms with Crippen LogP contribution in [0.2, 0.25) is 0 Å². The first-order valence-corrected chi connectivity index (χ1v) is 5.03. The molecule has 0 aliphatic rings. The van der Waals surface area contributed by atoms with Crippen molar-refractivity contribution in [3.8, 4) is 6.07 Å². The molecular weight excluding hydrogens is 240 g/mol. The zero-order valence-corrected chi connectivity index (χ0v) is 9.45. The van der Waals surface area contributed by atoms with Gasteiger partial charge in [-0.1, -0.05) is 6.92 Å². The van der Waals surface area contributed by atoms with Gasteiger partial charge >= 0.3 is 11.7 Å². The van der Waals surface area contributed by atoms with E-state index in [0.717, 1.165) is 12.3 Å². The first-order chi connectivity index (χ1) is 8.49. The van der Waals surface area contributed by atoms with Crippen molar-refractivity contribution < 1.29 is 14.8 Å². The molecule has 8 heteroatoms. The lowest BCUT2D eigenvalue weighted by atomic mass is 10.2. The second-order valence-corrected chi connectivity index (χ2v) is 3.40. The van der Waals surface area contributed by atoms with E-state index in [1.54, 1.807) is 13.0 Å². The van der Waals surface area contributed by atoms with Gasteiger partial charge < -0.3 is 10.4 Å². The number of carboxylic acid groups (broad SMARTS) is 1. The highest BCUT2D eigenvalue weighted by molar-refractivity contribution is 5.78. The fourth-order valence-electron chi connectivity index (χ4n) is 1.27. The first-order valence-electron chi connectivity index (χ1n) is 5.03. The second-order valence-electron chi connectivity index (χ2n) is 3.40. The van der Waals surface area contributed by atoms with Crippen molar-refractivity contribution in [1.29, 1.82) is 5.26 Å². The van der Waals surface area contributed by atoms with Crippen LogP contribution in [-0.2, 0) is 4.79 Å². The number of carboxylic acids is 1. The summed E-state index contributed by atoms with van der Waals surface area (Å²) in [7, 11) is 0. The van der Waals surface area contributed by atoms with Gasteiger partial charge in [-0.25, -0.2) is 9.78 Å². The average molecular weight is 250 g/mol. The van der Waals surface area contributed by atoms with Gasteiger partial charge in [-0.2, -0.15) is 5.26 Å². The second kappa shape index (κ2) is 5.58. The number of nitrogens with zero attached hydrogens (tertiary/aromatic N) is 3. The molecule has 0 aliphatic heterocycles. The Hall–Kier alpha value is -2.69. The number of nitrogens with one attached hydrogen (secondary N) is 1. The summed E-state index contributed by atoms with van der Waals surface area (Å²) < 4.78 is 0. The highest BCUT2D eigenvalue weighted by atomic mass is 16.6. The molecule has 0 fully saturated rings. The summed E-state index contributed by atoms with van der Waals surface area (Å²) in [5, 5.41) is 30.7. The van der Waals surface area contributed by atoms with Gasteiger partial charge in [0.25, 0.3) is 0 Å². The van der Waals surface area contributed by atoms with Crippen molar-refractivity contribution in [2.45, 2.75) is 19.4 Å². The predicted molar refractivity (Wildman–Crippen MR) is 60.9 cm³/mol. The fraction of sp³-hybridized carbons (Fsp3) is 0.300. The number of aromatic nitrogens is 1. The van der Waals surface area contributed by atoms with E-state index in [2.05, 4.69) is 10.3 Å². The van der Waals surface area contributed by atoms with Gasteiger partial charge in [0.1, 0.15) is 12.1 Å². The predicted octanol–water partition coefficient (Wildman–Crippen LogP) is 1.14. The van der Waals surface area contributed by atoms with Crippen molar-refractivity contribution in [2.24, 2.45) is 0 Å². The molecule has 1 rings (SSSR count). The van der Waals surface area contributed by atoms with Crippen LogP contribution in [0.1, 0.15) is 18.9 Å². The zero-order chi connectivity index (χ0) is 13.7. The van der Waals surface area contributed by atoms with Crippen molar-refractivity contribution in [1.82, 2.24) is 4.98 Å². The van der Waals surface area contributed by atoms with Gasteiger partial charge in [-0.3, -0.25) is 10.1 Å². The highest BCUT2D eigenvalue weighted by Crippen LogP contribution is 2.23. The van der Waals surface area contributed by atoms with Crippen LogP contribution in [0.15, 0.2) is 12.3 Å². The van der Waals surface area contributed by atoms with Gasteiger partial charge in [-0.15, -0.1) is 0 Å². The maximum atomic E-state index is 10.8. The molecule has 1 heterocycles. The van der Waals surface area contributed by atoms with E-state index in [-0.39, 0.29) is 17.8 Å². The quantitative estimate of drug-likeness (QED) is 0.591. The number of pyridine rings is 1. The third-order valence-corrected chi connectivity index (χ3v) is 2.21. The molecule has 0 aromatic carbocycles. The SMILES string of the molecule is CCC(Nc1ncc(C#N)cc1[N+](=O)[O-])C(=O)O. The first kappa shape index (κ1) is 13.4. The summed E-state index contributed by atoms with van der Waals surface area (Å²) in [6.45, 7) is 1.63. The Morgan fingerprint density at radius 2 is 2.44 bits per heavy atom. The lowest BCUT2D eigenvalue weighted by Gasteiger charge is -2.12. The third-order valence-electron chi connectivity index (χ3n) is 2.21. The lowest BCUT2D eigenvalue weighted by molar-refractivity contribution is -0.384. The Labute approximate surface area is 102 Å². The Morgan fingerprint density at radius 3 is 2.89 bits per heavy atom. The molecule has 94 valence electrons. The number of nitro groups is 1. The molecule has 18 heavy (non-hydrogen) atoms. The minimum Gasteiger partial charge on any atom is -0.480 e. The molecule has 1 atom stereocenters. The molecule has 1 aromatic rings. The summed E-state index contributed by atoms with van der Waals surface area (Å²) in [5.74, 6) is -1.29. The van der Waals surface area contributed by atoms with E-state index < -0.39 is 22.6 Å². The van der Waals surface area contributed by atoms with Crippen LogP contribution in [0.3, 0.4) is 0 Å². The maximum absolute atomic E-state index is 10.8. The number of hydrogen-bond acceptors (Lipinski definition) is 6. The van der Waals surface area contributed by atoms with Crippen LogP contribution in [0.4, 0.5) is 11.5 Å². The number of carbonyl (C=O) groups is 1. The van der Waals surface area contributed by atoms with Gasteiger partial charge in [0.05, 0.1) is 10.5 Å². The maximum Gasteiger partial charge on any atom is 0.326 e. The van der Waals surface area contributed by atoms with Crippen LogP contribution >= 0.6 is 0 Å². The molecule has 0 amide bonds. The Balaban J connectivity index is 3.13. The molecule has 0 saturated carbocycles. The molecule has 1 unspecified atom stereocenters. The summed E-state index contributed by atoms with van der Waals surface area (Å²) in [4.78, 5) is 24.6. The van der Waals surface area contributed by atoms with Crippen molar-refractivity contribution >= 4 is 17.5 Å². The minimum atomic E-state index is -1.13. The number of aliphatic carboxylic acids is 1. The zero-order valence-electron chi connectivity index (χ0n) is 9.45. The van der Waals surface area contributed by atoms with E-state index >= 15 is 0 Å². The van der Waals surface area contributed by atoms with Crippen LogP contribution in [0.5, 0.6) is 0 Å². The minimum absolute atomic E-state index is 0.0376. The monoisotopic (exact) mass is 250 g/mol. The molecule has 2 N–H and O–H groups in total. The molecule has 0 bridgehead atoms. The Bertz CT molecular complexity index is 523. The summed E-state index contributed by atoms with van der Waals surface area (Å²) >= 11 is 0. The summed E-state index contributed by atoms with van der Waals surface area (Å²) in [6, 6.07) is 1.81. The van der Waals surface area contributed by atoms with Crippen LogP contribution in [-0.4, -0.2) is 27.0 Å². The number of hydrogen-bond donors (Lipinski definition) is 2. The molecule has 1 aromatic heterocycles. The van der Waals surface area contributed by atoms with Crippen LogP contribution in [0.25, 0.3) is 0 Å². The van der Waals surface area contributed by atoms with E-state index in [4.69, 9.17) is 10.4 Å². The van der Waals surface area contributed by atoms with E-state index in [1.807, 2.05) is 0 Å². The molecule has 8 nitrogen and oxygen atoms in total. The number of nitriles is 1. The molecule has 0 radical (unpaired) electrons. The van der Waals surface area contributed by atoms with E-state index in [0.29, 0.717) is 0 Å². The van der Waals surface area contributed by atoms with Crippen molar-refractivity contribution in [2.75, 3.05) is 5.32 Å². The Morgan fingerprint density at radius 1 is 1.78 bits per heavy atom. The summed E-state index contributed by atoms with van der Waals surface area (Å²) in [6.07, 6.45) is 1.39.